The van der Waals surface area contributed by atoms with E-state index in [2.05, 4.69) is 64.4 Å². The van der Waals surface area contributed by atoms with Gasteiger partial charge >= 0.3 is 0 Å². The third-order valence-electron chi connectivity index (χ3n) is 16.4. The lowest BCUT2D eigenvalue weighted by atomic mass is 9.33. The summed E-state index contributed by atoms with van der Waals surface area (Å²) in [5.41, 5.74) is 4.10. The molecule has 1 heterocycles. The van der Waals surface area contributed by atoms with Crippen LogP contribution in [0, 0.1) is 57.1 Å². The molecule has 0 aromatic heterocycles. The second-order valence-corrected chi connectivity index (χ2v) is 21.0. The highest BCUT2D eigenvalue weighted by atomic mass is 32.2. The van der Waals surface area contributed by atoms with E-state index in [1.54, 1.807) is 12.1 Å². The molecule has 8 heteroatoms. The van der Waals surface area contributed by atoms with Crippen LogP contribution in [0.3, 0.4) is 0 Å². The Balaban J connectivity index is 1.15. The van der Waals surface area contributed by atoms with Crippen molar-refractivity contribution in [1.29, 1.82) is 0 Å². The van der Waals surface area contributed by atoms with Crippen LogP contribution in [0.1, 0.15) is 105 Å². The monoisotopic (exact) mass is 708 g/mol. The molecule has 6 aliphatic rings. The molecule has 7 rings (SSSR count). The van der Waals surface area contributed by atoms with Crippen molar-refractivity contribution in [3.8, 4) is 5.75 Å². The van der Waals surface area contributed by atoms with Gasteiger partial charge in [0.2, 0.25) is 0 Å². The van der Waals surface area contributed by atoms with Crippen molar-refractivity contribution in [2.75, 3.05) is 37.7 Å². The fourth-order valence-electron chi connectivity index (χ4n) is 13.8. The summed E-state index contributed by atoms with van der Waals surface area (Å²) in [5, 5.41) is 4.19. The largest absolute Gasteiger partial charge is 0.426 e. The number of nitrogens with zero attached hydrogens (tertiary/aromatic N) is 1. The molecule has 4 saturated carbocycles. The number of rotatable bonds is 8. The van der Waals surface area contributed by atoms with E-state index in [-0.39, 0.29) is 50.9 Å². The number of hydrogen-bond donors (Lipinski definition) is 1. The first-order valence-electron chi connectivity index (χ1n) is 19.5. The summed E-state index contributed by atoms with van der Waals surface area (Å²) < 4.78 is 43.9. The third kappa shape index (κ3) is 5.50. The summed E-state index contributed by atoms with van der Waals surface area (Å²) in [6.07, 6.45) is 13.2. The van der Waals surface area contributed by atoms with Gasteiger partial charge in [-0.3, -0.25) is 4.79 Å². The van der Waals surface area contributed by atoms with Gasteiger partial charge in [0.15, 0.2) is 21.4 Å². The number of carbonyl (C=O) groups excluding carboxylic acids is 1. The van der Waals surface area contributed by atoms with Gasteiger partial charge in [-0.1, -0.05) is 58.9 Å². The lowest BCUT2D eigenvalue weighted by molar-refractivity contribution is -0.219. The summed E-state index contributed by atoms with van der Waals surface area (Å²) in [6, 6.07) is 5.05. The number of carbonyl (C=O) groups is 1. The second kappa shape index (κ2) is 12.5. The number of ether oxygens (including phenoxy) is 1. The Labute approximate surface area is 301 Å². The average Bonchev–Trinajstić information content (AvgIpc) is 3.43. The van der Waals surface area contributed by atoms with Gasteiger partial charge < -0.3 is 15.0 Å². The predicted molar refractivity (Wildman–Crippen MR) is 199 cm³/mol. The molecule has 1 aromatic carbocycles. The minimum atomic E-state index is -2.87. The standard InChI is InChI=1S/C42H61FN2O4S/c1-28(2)30-12-17-42(44-20-21-45-22-24-50(47,48)25-23-45)19-18-40(6)32(37(30)42)9-11-36-39(5)15-13-31(29-8-10-34(49-27-46)33(43)26-29)38(3,4)35(39)14-16-41(36,40)7/h8,10,13,26-27,30,32,35-37,44H,1,9,11-12,14-25H2,2-7H3/t30-,32+,35-,36+,37+,39-,40+,41+,42-/m0/s1. The molecule has 1 N–H and O–H groups in total. The van der Waals surface area contributed by atoms with Gasteiger partial charge in [-0.15, -0.1) is 0 Å². The number of fused-ring (bicyclic) bond motifs is 7. The maximum Gasteiger partial charge on any atom is 0.298 e. The molecule has 0 radical (unpaired) electrons. The lowest BCUT2D eigenvalue weighted by Gasteiger charge is -2.72. The molecule has 0 bridgehead atoms. The Kier molecular flexibility index (Phi) is 9.11. The van der Waals surface area contributed by atoms with Crippen LogP contribution in [0.15, 0.2) is 36.4 Å². The van der Waals surface area contributed by atoms with E-state index in [4.69, 9.17) is 4.74 Å². The second-order valence-electron chi connectivity index (χ2n) is 18.7. The van der Waals surface area contributed by atoms with Crippen LogP contribution in [0.5, 0.6) is 5.75 Å². The molecule has 50 heavy (non-hydrogen) atoms. The van der Waals surface area contributed by atoms with Gasteiger partial charge in [-0.25, -0.2) is 12.8 Å². The first-order valence-corrected chi connectivity index (χ1v) is 21.3. The van der Waals surface area contributed by atoms with Gasteiger partial charge in [0.25, 0.3) is 6.47 Å². The number of nitrogens with one attached hydrogen (secondary N) is 1. The molecule has 0 amide bonds. The number of sulfone groups is 1. The van der Waals surface area contributed by atoms with Crippen LogP contribution in [0.25, 0.3) is 5.57 Å². The minimum Gasteiger partial charge on any atom is -0.426 e. The van der Waals surface area contributed by atoms with Gasteiger partial charge in [-0.05, 0) is 139 Å². The zero-order valence-electron chi connectivity index (χ0n) is 31.5. The summed E-state index contributed by atoms with van der Waals surface area (Å²) in [5.74, 6) is 2.94. The molecule has 5 fully saturated rings. The third-order valence-corrected chi connectivity index (χ3v) is 18.0. The van der Waals surface area contributed by atoms with Crippen molar-refractivity contribution in [3.63, 3.8) is 0 Å². The fourth-order valence-corrected chi connectivity index (χ4v) is 15.1. The van der Waals surface area contributed by atoms with Crippen molar-refractivity contribution >= 4 is 21.9 Å². The maximum atomic E-state index is 15.0. The predicted octanol–water partition coefficient (Wildman–Crippen LogP) is 8.08. The molecule has 5 aliphatic carbocycles. The zero-order valence-corrected chi connectivity index (χ0v) is 32.3. The average molecular weight is 709 g/mol. The van der Waals surface area contributed by atoms with Crippen LogP contribution in [0.2, 0.25) is 0 Å². The van der Waals surface area contributed by atoms with E-state index >= 15 is 0 Å². The van der Waals surface area contributed by atoms with Gasteiger partial charge in [0.05, 0.1) is 11.5 Å². The van der Waals surface area contributed by atoms with E-state index in [1.807, 2.05) is 6.07 Å². The molecular weight excluding hydrogens is 648 g/mol. The molecule has 0 spiro atoms. The number of hydrogen-bond acceptors (Lipinski definition) is 6. The summed E-state index contributed by atoms with van der Waals surface area (Å²) in [4.78, 5) is 13.2. The van der Waals surface area contributed by atoms with E-state index < -0.39 is 15.7 Å². The highest BCUT2D eigenvalue weighted by molar-refractivity contribution is 7.91. The van der Waals surface area contributed by atoms with Gasteiger partial charge in [-0.2, -0.15) is 0 Å². The molecule has 1 saturated heterocycles. The molecule has 9 atom stereocenters. The van der Waals surface area contributed by atoms with Crippen LogP contribution in [-0.2, 0) is 14.6 Å². The highest BCUT2D eigenvalue weighted by Crippen LogP contribution is 2.76. The van der Waals surface area contributed by atoms with Crippen LogP contribution in [0.4, 0.5) is 4.39 Å². The Morgan fingerprint density at radius 2 is 1.74 bits per heavy atom. The van der Waals surface area contributed by atoms with Crippen molar-refractivity contribution in [1.82, 2.24) is 10.2 Å². The first kappa shape index (κ1) is 36.3. The van der Waals surface area contributed by atoms with Crippen molar-refractivity contribution in [2.24, 2.45) is 51.2 Å². The maximum absolute atomic E-state index is 15.0. The van der Waals surface area contributed by atoms with Gasteiger partial charge in [0.1, 0.15) is 0 Å². The Hall–Kier alpha value is -2.03. The SMILES string of the molecule is C=C(C)[C@@H]1CC[C@]2(NCCN3CCS(=O)(=O)CC3)CC[C@]3(C)[C@H](CC[C@@H]4[C@@]5(C)CC=C(c6ccc(OC=O)c(F)c6)C(C)(C)[C@@H]5CC[C@]43C)[C@@H]12. The topological polar surface area (TPSA) is 75.7 Å². The molecule has 0 unspecified atom stereocenters. The van der Waals surface area contributed by atoms with Crippen molar-refractivity contribution in [2.45, 2.75) is 105 Å². The van der Waals surface area contributed by atoms with Crippen LogP contribution >= 0.6 is 0 Å². The van der Waals surface area contributed by atoms with Crippen molar-refractivity contribution in [3.05, 3.63) is 47.8 Å². The van der Waals surface area contributed by atoms with Crippen LogP contribution < -0.4 is 10.1 Å². The molecule has 6 nitrogen and oxygen atoms in total. The van der Waals surface area contributed by atoms with E-state index in [0.717, 1.165) is 25.1 Å². The number of allylic oxidation sites excluding steroid dienone is 3. The first-order chi connectivity index (χ1) is 23.5. The normalized spacial score (nSPS) is 41.9. The van der Waals surface area contributed by atoms with E-state index in [1.165, 1.54) is 62.5 Å². The quantitative estimate of drug-likeness (QED) is 0.218. The molecule has 1 aromatic rings. The summed E-state index contributed by atoms with van der Waals surface area (Å²) in [6.45, 7) is 23.0. The van der Waals surface area contributed by atoms with E-state index in [9.17, 15) is 17.6 Å². The van der Waals surface area contributed by atoms with Gasteiger partial charge in [0, 0.05) is 31.7 Å². The number of halogens is 1. The van der Waals surface area contributed by atoms with E-state index in [0.29, 0.717) is 42.7 Å². The Morgan fingerprint density at radius 3 is 2.42 bits per heavy atom. The molecule has 276 valence electrons. The molecular formula is C42H61FN2O4S. The Bertz CT molecular complexity index is 1660. The lowest BCUT2D eigenvalue weighted by Crippen LogP contribution is -2.68. The van der Waals surface area contributed by atoms with Crippen molar-refractivity contribution < 1.29 is 22.3 Å². The Morgan fingerprint density at radius 1 is 1.00 bits per heavy atom. The van der Waals surface area contributed by atoms with Crippen LogP contribution in [-0.4, -0.2) is 63.0 Å². The smallest absolute Gasteiger partial charge is 0.298 e. The zero-order chi connectivity index (χ0) is 35.9. The summed E-state index contributed by atoms with van der Waals surface area (Å²) >= 11 is 0. The molecule has 1 aliphatic heterocycles. The number of benzene rings is 1. The highest BCUT2D eigenvalue weighted by Gasteiger charge is 2.70. The minimum absolute atomic E-state index is 0.0243. The fraction of sp³-hybridized carbons (Fsp3) is 0.738. The summed E-state index contributed by atoms with van der Waals surface area (Å²) in [7, 11) is -2.87.